The van der Waals surface area contributed by atoms with Crippen LogP contribution in [0.3, 0.4) is 0 Å². The normalized spacial score (nSPS) is 13.2. The molecule has 59 heavy (non-hydrogen) atoms. The Morgan fingerprint density at radius 3 is 1.85 bits per heavy atom. The van der Waals surface area contributed by atoms with E-state index in [2.05, 4.69) is 178 Å². The Balaban J connectivity index is 1.02. The molecule has 0 aliphatic heterocycles. The van der Waals surface area contributed by atoms with Crippen LogP contribution < -0.4 is 0 Å². The maximum Gasteiger partial charge on any atom is 0.0723 e. The third-order valence-corrected chi connectivity index (χ3v) is 12.0. The molecule has 0 spiro atoms. The van der Waals surface area contributed by atoms with Crippen LogP contribution in [-0.2, 0) is 5.41 Å². The summed E-state index contributed by atoms with van der Waals surface area (Å²) in [7, 11) is 0. The lowest BCUT2D eigenvalue weighted by Gasteiger charge is -2.21. The summed E-state index contributed by atoms with van der Waals surface area (Å²) < 4.78 is 0. The second kappa shape index (κ2) is 14.8. The van der Waals surface area contributed by atoms with Gasteiger partial charge in [-0.15, -0.1) is 0 Å². The van der Waals surface area contributed by atoms with Crippen LogP contribution in [0.1, 0.15) is 41.7 Å². The molecule has 0 atom stereocenters. The van der Waals surface area contributed by atoms with Gasteiger partial charge >= 0.3 is 0 Å². The molecule has 1 aliphatic carbocycles. The van der Waals surface area contributed by atoms with E-state index in [1.165, 1.54) is 60.7 Å². The Bertz CT molecular complexity index is 3110. The van der Waals surface area contributed by atoms with Crippen LogP contribution >= 0.6 is 0 Å². The van der Waals surface area contributed by atoms with Gasteiger partial charge in [0, 0.05) is 22.8 Å². The lowest BCUT2D eigenvalue weighted by atomic mass is 9.81. The van der Waals surface area contributed by atoms with Crippen molar-refractivity contribution in [2.24, 2.45) is 4.99 Å². The quantitative estimate of drug-likeness (QED) is 0.150. The van der Waals surface area contributed by atoms with Crippen molar-refractivity contribution >= 4 is 39.2 Å². The minimum absolute atomic E-state index is 0.0823. The number of hydrogen-bond donors (Lipinski definition) is 1. The fraction of sp³-hybridized carbons (Fsp3) is 0.0526. The molecular weight excluding hydrogens is 713 g/mol. The molecule has 1 aliphatic rings. The molecule has 0 heterocycles. The first-order valence-electron chi connectivity index (χ1n) is 20.3. The molecule has 0 radical (unpaired) electrons. The SMILES string of the molecule is CC1(C)c2cccc(-c3ccc(-c4ccc(C=N/C(=C\C(=N)c5ccccc5)c5cccc(-c6ccccc6)c5)c5ccccc45)cc3)c2-c2c1ccc1ccccc21. The minimum atomic E-state index is -0.0823. The van der Waals surface area contributed by atoms with Crippen LogP contribution in [0.4, 0.5) is 0 Å². The van der Waals surface area contributed by atoms with Crippen molar-refractivity contribution in [2.75, 3.05) is 0 Å². The van der Waals surface area contributed by atoms with Gasteiger partial charge in [-0.05, 0) is 94.9 Å². The first-order valence-corrected chi connectivity index (χ1v) is 20.3. The molecule has 0 aromatic heterocycles. The van der Waals surface area contributed by atoms with Gasteiger partial charge in [-0.3, -0.25) is 4.99 Å². The van der Waals surface area contributed by atoms with Crippen LogP contribution in [0.25, 0.3) is 71.7 Å². The van der Waals surface area contributed by atoms with Gasteiger partial charge < -0.3 is 5.41 Å². The predicted molar refractivity (Wildman–Crippen MR) is 251 cm³/mol. The fourth-order valence-corrected chi connectivity index (χ4v) is 8.97. The molecule has 2 heteroatoms. The molecule has 0 saturated heterocycles. The Kier molecular flexibility index (Phi) is 9.03. The number of benzene rings is 9. The first kappa shape index (κ1) is 36.0. The highest BCUT2D eigenvalue weighted by atomic mass is 14.7. The third-order valence-electron chi connectivity index (χ3n) is 12.0. The fourth-order valence-electron chi connectivity index (χ4n) is 8.97. The van der Waals surface area contributed by atoms with Crippen LogP contribution in [0, 0.1) is 5.41 Å². The molecule has 9 aromatic rings. The number of nitrogens with zero attached hydrogens (tertiary/aromatic N) is 1. The van der Waals surface area contributed by atoms with Crippen molar-refractivity contribution in [3.05, 3.63) is 234 Å². The molecule has 280 valence electrons. The van der Waals surface area contributed by atoms with E-state index in [1.54, 1.807) is 0 Å². The molecule has 0 amide bonds. The topological polar surface area (TPSA) is 36.2 Å². The van der Waals surface area contributed by atoms with Crippen LogP contribution in [0.5, 0.6) is 0 Å². The van der Waals surface area contributed by atoms with Crippen molar-refractivity contribution in [1.29, 1.82) is 5.41 Å². The number of aliphatic imine (C=N–C) groups is 1. The molecule has 2 nitrogen and oxygen atoms in total. The second-order valence-electron chi connectivity index (χ2n) is 15.9. The first-order chi connectivity index (χ1) is 28.9. The van der Waals surface area contributed by atoms with Crippen molar-refractivity contribution in [3.63, 3.8) is 0 Å². The van der Waals surface area contributed by atoms with Gasteiger partial charge in [-0.25, -0.2) is 0 Å². The molecular formula is C57H42N2. The monoisotopic (exact) mass is 754 g/mol. The van der Waals surface area contributed by atoms with Gasteiger partial charge in [0.15, 0.2) is 0 Å². The Morgan fingerprint density at radius 2 is 1.07 bits per heavy atom. The summed E-state index contributed by atoms with van der Waals surface area (Å²) in [4.78, 5) is 5.13. The van der Waals surface area contributed by atoms with E-state index < -0.39 is 0 Å². The maximum atomic E-state index is 9.00. The summed E-state index contributed by atoms with van der Waals surface area (Å²) in [5.41, 5.74) is 16.4. The lowest BCUT2D eigenvalue weighted by molar-refractivity contribution is 0.661. The van der Waals surface area contributed by atoms with E-state index >= 15 is 0 Å². The Hall–Kier alpha value is -7.42. The van der Waals surface area contributed by atoms with E-state index in [1.807, 2.05) is 48.7 Å². The zero-order valence-electron chi connectivity index (χ0n) is 33.2. The van der Waals surface area contributed by atoms with Crippen molar-refractivity contribution in [1.82, 2.24) is 0 Å². The number of hydrogen-bond acceptors (Lipinski definition) is 2. The average Bonchev–Trinajstić information content (AvgIpc) is 3.54. The predicted octanol–water partition coefficient (Wildman–Crippen LogP) is 14.8. The summed E-state index contributed by atoms with van der Waals surface area (Å²) in [5, 5.41) is 13.9. The maximum absolute atomic E-state index is 9.00. The number of nitrogens with one attached hydrogen (secondary N) is 1. The minimum Gasteiger partial charge on any atom is -0.300 e. The summed E-state index contributed by atoms with van der Waals surface area (Å²) in [6, 6.07) is 70.9. The van der Waals surface area contributed by atoms with Crippen molar-refractivity contribution < 1.29 is 0 Å². The van der Waals surface area contributed by atoms with Gasteiger partial charge in [-0.1, -0.05) is 208 Å². The smallest absolute Gasteiger partial charge is 0.0723 e. The highest BCUT2D eigenvalue weighted by molar-refractivity contribution is 6.12. The lowest BCUT2D eigenvalue weighted by Crippen LogP contribution is -2.14. The molecule has 0 bridgehead atoms. The standard InChI is InChI=1S/C57H42N2/c1-57(2)51-26-14-25-49(55(51)56-48-23-10-9-17-39(48)32-34-52(56)57)41-29-27-40(28-30-41)47-33-31-45(46-22-11-12-24-50(46)47)37-59-54(36-53(58)42-18-7-4-8-19-42)44-21-13-20-43(35-44)38-15-5-3-6-16-38/h3-37,58H,1-2H3/b54-36-,58-53?,59-37?. The van der Waals surface area contributed by atoms with Crippen molar-refractivity contribution in [2.45, 2.75) is 19.3 Å². The number of fused-ring (bicyclic) bond motifs is 6. The number of rotatable bonds is 8. The van der Waals surface area contributed by atoms with E-state index in [0.29, 0.717) is 5.71 Å². The van der Waals surface area contributed by atoms with E-state index in [0.717, 1.165) is 38.9 Å². The largest absolute Gasteiger partial charge is 0.300 e. The van der Waals surface area contributed by atoms with Gasteiger partial charge in [0.05, 0.1) is 11.4 Å². The molecule has 0 fully saturated rings. The zero-order valence-corrected chi connectivity index (χ0v) is 33.2. The molecule has 9 aromatic carbocycles. The molecule has 0 saturated carbocycles. The van der Waals surface area contributed by atoms with Crippen LogP contribution in [-0.4, -0.2) is 11.9 Å². The highest BCUT2D eigenvalue weighted by Gasteiger charge is 2.37. The molecule has 10 rings (SSSR count). The summed E-state index contributed by atoms with van der Waals surface area (Å²) in [6.45, 7) is 4.71. The van der Waals surface area contributed by atoms with Gasteiger partial charge in [-0.2, -0.15) is 0 Å². The van der Waals surface area contributed by atoms with Gasteiger partial charge in [0.25, 0.3) is 0 Å². The van der Waals surface area contributed by atoms with Crippen LogP contribution in [0.15, 0.2) is 211 Å². The van der Waals surface area contributed by atoms with Crippen molar-refractivity contribution in [3.8, 4) is 44.5 Å². The van der Waals surface area contributed by atoms with E-state index in [9.17, 15) is 0 Å². The third kappa shape index (κ3) is 6.49. The average molecular weight is 755 g/mol. The summed E-state index contributed by atoms with van der Waals surface area (Å²) in [5.74, 6) is 0. The van der Waals surface area contributed by atoms with Gasteiger partial charge in [0.2, 0.25) is 0 Å². The Labute approximate surface area is 346 Å². The van der Waals surface area contributed by atoms with Gasteiger partial charge in [0.1, 0.15) is 0 Å². The summed E-state index contributed by atoms with van der Waals surface area (Å²) >= 11 is 0. The molecule has 0 unspecified atom stereocenters. The summed E-state index contributed by atoms with van der Waals surface area (Å²) in [6.07, 6.45) is 3.83. The zero-order chi connectivity index (χ0) is 39.9. The molecule has 1 N–H and O–H groups in total. The van der Waals surface area contributed by atoms with E-state index in [4.69, 9.17) is 10.4 Å². The highest BCUT2D eigenvalue weighted by Crippen LogP contribution is 2.54. The number of allylic oxidation sites excluding steroid dienone is 1. The van der Waals surface area contributed by atoms with E-state index in [-0.39, 0.29) is 5.41 Å². The second-order valence-corrected chi connectivity index (χ2v) is 15.9. The van der Waals surface area contributed by atoms with Crippen LogP contribution in [0.2, 0.25) is 0 Å². The Morgan fingerprint density at radius 1 is 0.458 bits per heavy atom.